The molecule has 1 aromatic carbocycles. The zero-order valence-electron chi connectivity index (χ0n) is 17.9. The van der Waals surface area contributed by atoms with E-state index in [9.17, 15) is 9.59 Å². The summed E-state index contributed by atoms with van der Waals surface area (Å²) in [6.45, 7) is 6.62. The lowest BCUT2D eigenvalue weighted by Crippen LogP contribution is -2.46. The Morgan fingerprint density at radius 3 is 2.71 bits per heavy atom. The summed E-state index contributed by atoms with van der Waals surface area (Å²) in [6, 6.07) is 9.45. The maximum absolute atomic E-state index is 13.0. The Morgan fingerprint density at radius 2 is 2.06 bits per heavy atom. The zero-order chi connectivity index (χ0) is 22.0. The molecule has 1 aliphatic rings. The molecule has 2 aromatic heterocycles. The highest BCUT2D eigenvalue weighted by Gasteiger charge is 2.37. The number of aromatic nitrogens is 2. The molecule has 0 spiro atoms. The minimum Gasteiger partial charge on any atom is -0.360 e. The first-order valence-electron chi connectivity index (χ1n) is 10.4. The molecule has 1 fully saturated rings. The Bertz CT molecular complexity index is 1070. The van der Waals surface area contributed by atoms with Crippen LogP contribution in [0.4, 0.5) is 0 Å². The lowest BCUT2D eigenvalue weighted by Gasteiger charge is -2.26. The predicted molar refractivity (Wildman–Crippen MR) is 119 cm³/mol. The third kappa shape index (κ3) is 4.54. The number of aryl methyl sites for hydroxylation is 2. The van der Waals surface area contributed by atoms with Crippen molar-refractivity contribution in [2.45, 2.75) is 52.1 Å². The van der Waals surface area contributed by atoms with Gasteiger partial charge in [0.25, 0.3) is 0 Å². The number of rotatable bonds is 6. The standard InChI is InChI=1S/C23H26N4O3S/c1-14-11-20(30-26-14)15(2)23(29)27-10-4-5-19(27)22(28)24-12-17-6-8-18(9-7-17)21-16(3)25-13-31-21/h6-9,11,13,15,19H,4-5,10,12H2,1-3H3,(H,24,28). The molecule has 3 aromatic rings. The number of hydrogen-bond donors (Lipinski definition) is 1. The van der Waals surface area contributed by atoms with Gasteiger partial charge in [-0.2, -0.15) is 0 Å². The summed E-state index contributed by atoms with van der Waals surface area (Å²) in [5.74, 6) is -0.144. The Morgan fingerprint density at radius 1 is 1.29 bits per heavy atom. The maximum atomic E-state index is 13.0. The van der Waals surface area contributed by atoms with E-state index in [1.54, 1.807) is 29.2 Å². The summed E-state index contributed by atoms with van der Waals surface area (Å²) in [5, 5.41) is 6.86. The zero-order valence-corrected chi connectivity index (χ0v) is 18.7. The van der Waals surface area contributed by atoms with Crippen molar-refractivity contribution in [1.82, 2.24) is 20.4 Å². The number of nitrogens with zero attached hydrogens (tertiary/aromatic N) is 3. The molecule has 1 saturated heterocycles. The molecular formula is C23H26N4O3S. The first-order valence-corrected chi connectivity index (χ1v) is 11.3. The van der Waals surface area contributed by atoms with E-state index >= 15 is 0 Å². The van der Waals surface area contributed by atoms with Crippen molar-refractivity contribution >= 4 is 23.2 Å². The summed E-state index contributed by atoms with van der Waals surface area (Å²) in [7, 11) is 0. The van der Waals surface area contributed by atoms with Crippen LogP contribution in [0.2, 0.25) is 0 Å². The van der Waals surface area contributed by atoms with Crippen molar-refractivity contribution in [2.75, 3.05) is 6.54 Å². The van der Waals surface area contributed by atoms with Crippen LogP contribution in [0.25, 0.3) is 10.4 Å². The molecule has 2 amide bonds. The number of carbonyl (C=O) groups excluding carboxylic acids is 2. The Labute approximate surface area is 185 Å². The molecule has 7 nitrogen and oxygen atoms in total. The van der Waals surface area contributed by atoms with Gasteiger partial charge in [0.1, 0.15) is 11.8 Å². The first kappa shape index (κ1) is 21.2. The molecule has 0 aliphatic carbocycles. The van der Waals surface area contributed by atoms with Gasteiger partial charge in [-0.15, -0.1) is 11.3 Å². The van der Waals surface area contributed by atoms with E-state index in [4.69, 9.17) is 4.52 Å². The second-order valence-electron chi connectivity index (χ2n) is 7.96. The van der Waals surface area contributed by atoms with Gasteiger partial charge in [0.2, 0.25) is 11.8 Å². The number of benzene rings is 1. The second kappa shape index (κ2) is 9.01. The van der Waals surface area contributed by atoms with Crippen LogP contribution in [0.1, 0.15) is 48.4 Å². The van der Waals surface area contributed by atoms with Gasteiger partial charge in [0.05, 0.1) is 27.7 Å². The van der Waals surface area contributed by atoms with Gasteiger partial charge < -0.3 is 14.7 Å². The molecule has 0 radical (unpaired) electrons. The van der Waals surface area contributed by atoms with Gasteiger partial charge >= 0.3 is 0 Å². The van der Waals surface area contributed by atoms with Crippen molar-refractivity contribution in [1.29, 1.82) is 0 Å². The monoisotopic (exact) mass is 438 g/mol. The Hall–Kier alpha value is -3.00. The van der Waals surface area contributed by atoms with E-state index in [1.165, 1.54) is 0 Å². The van der Waals surface area contributed by atoms with Crippen molar-refractivity contribution < 1.29 is 14.1 Å². The third-order valence-electron chi connectivity index (χ3n) is 5.71. The molecule has 8 heteroatoms. The van der Waals surface area contributed by atoms with Gasteiger partial charge in [-0.1, -0.05) is 29.4 Å². The van der Waals surface area contributed by atoms with E-state index in [0.717, 1.165) is 33.8 Å². The fraction of sp³-hybridized carbons (Fsp3) is 0.391. The number of hydrogen-bond acceptors (Lipinski definition) is 6. The lowest BCUT2D eigenvalue weighted by molar-refractivity contribution is -0.139. The predicted octanol–water partition coefficient (Wildman–Crippen LogP) is 3.83. The smallest absolute Gasteiger partial charge is 0.243 e. The maximum Gasteiger partial charge on any atom is 0.243 e. The molecule has 1 aliphatic heterocycles. The minimum absolute atomic E-state index is 0.0990. The fourth-order valence-electron chi connectivity index (χ4n) is 3.92. The quantitative estimate of drug-likeness (QED) is 0.632. The van der Waals surface area contributed by atoms with Gasteiger partial charge in [0.15, 0.2) is 0 Å². The van der Waals surface area contributed by atoms with E-state index in [0.29, 0.717) is 25.3 Å². The van der Waals surface area contributed by atoms with Gasteiger partial charge in [0, 0.05) is 19.2 Å². The minimum atomic E-state index is -0.461. The van der Waals surface area contributed by atoms with E-state index in [1.807, 2.05) is 31.5 Å². The third-order valence-corrected chi connectivity index (χ3v) is 6.69. The van der Waals surface area contributed by atoms with E-state index in [2.05, 4.69) is 27.6 Å². The Balaban J connectivity index is 1.36. The summed E-state index contributed by atoms with van der Waals surface area (Å²) in [5.41, 5.74) is 5.74. The number of likely N-dealkylation sites (tertiary alicyclic amines) is 1. The molecule has 1 N–H and O–H groups in total. The van der Waals surface area contributed by atoms with Crippen molar-refractivity contribution in [2.24, 2.45) is 0 Å². The summed E-state index contributed by atoms with van der Waals surface area (Å²) >= 11 is 1.62. The van der Waals surface area contributed by atoms with Crippen molar-refractivity contribution in [3.8, 4) is 10.4 Å². The number of thiazole rings is 1. The molecular weight excluding hydrogens is 412 g/mol. The first-order chi connectivity index (χ1) is 14.9. The highest BCUT2D eigenvalue weighted by atomic mass is 32.1. The molecule has 2 atom stereocenters. The highest BCUT2D eigenvalue weighted by Crippen LogP contribution is 2.28. The van der Waals surface area contributed by atoms with Crippen molar-refractivity contribution in [3.05, 3.63) is 58.6 Å². The van der Waals surface area contributed by atoms with Crippen LogP contribution in [0.15, 0.2) is 40.4 Å². The summed E-state index contributed by atoms with van der Waals surface area (Å²) in [6.07, 6.45) is 1.48. The average molecular weight is 439 g/mol. The van der Waals surface area contributed by atoms with Crippen LogP contribution in [0.3, 0.4) is 0 Å². The van der Waals surface area contributed by atoms with Crippen LogP contribution in [-0.4, -0.2) is 39.4 Å². The number of carbonyl (C=O) groups is 2. The average Bonchev–Trinajstić information content (AvgIpc) is 3.52. The molecule has 0 saturated carbocycles. The van der Waals surface area contributed by atoms with Gasteiger partial charge in [-0.3, -0.25) is 9.59 Å². The van der Waals surface area contributed by atoms with Crippen LogP contribution < -0.4 is 5.32 Å². The molecule has 4 rings (SSSR count). The number of amides is 2. The summed E-state index contributed by atoms with van der Waals surface area (Å²) in [4.78, 5) is 32.9. The molecule has 3 heterocycles. The van der Waals surface area contributed by atoms with Crippen LogP contribution >= 0.6 is 11.3 Å². The Kier molecular flexibility index (Phi) is 6.18. The molecule has 2 unspecified atom stereocenters. The molecule has 0 bridgehead atoms. The topological polar surface area (TPSA) is 88.3 Å². The van der Waals surface area contributed by atoms with E-state index < -0.39 is 12.0 Å². The highest BCUT2D eigenvalue weighted by molar-refractivity contribution is 7.13. The number of nitrogens with one attached hydrogen (secondary N) is 1. The van der Waals surface area contributed by atoms with Crippen molar-refractivity contribution in [3.63, 3.8) is 0 Å². The lowest BCUT2D eigenvalue weighted by atomic mass is 10.1. The van der Waals surface area contributed by atoms with Gasteiger partial charge in [-0.05, 0) is 44.7 Å². The molecule has 162 valence electrons. The normalized spacial score (nSPS) is 17.0. The van der Waals surface area contributed by atoms with E-state index in [-0.39, 0.29) is 11.8 Å². The fourth-order valence-corrected chi connectivity index (χ4v) is 4.73. The summed E-state index contributed by atoms with van der Waals surface area (Å²) < 4.78 is 5.25. The SMILES string of the molecule is Cc1cc(C(C)C(=O)N2CCCC2C(=O)NCc2ccc(-c3scnc3C)cc2)on1. The molecule has 31 heavy (non-hydrogen) atoms. The van der Waals surface area contributed by atoms with Crippen LogP contribution in [0.5, 0.6) is 0 Å². The van der Waals surface area contributed by atoms with Crippen LogP contribution in [0, 0.1) is 13.8 Å². The van der Waals surface area contributed by atoms with Crippen LogP contribution in [-0.2, 0) is 16.1 Å². The largest absolute Gasteiger partial charge is 0.360 e. The second-order valence-corrected chi connectivity index (χ2v) is 8.82. The van der Waals surface area contributed by atoms with Gasteiger partial charge in [-0.25, -0.2) is 4.98 Å².